The molecule has 124 valence electrons. The third kappa shape index (κ3) is 8.06. The molecule has 0 aromatic heterocycles. The van der Waals surface area contributed by atoms with Crippen LogP contribution in [-0.4, -0.2) is 12.6 Å². The summed E-state index contributed by atoms with van der Waals surface area (Å²) in [6.07, 6.45) is 12.7. The first-order valence-electron chi connectivity index (χ1n) is 8.69. The highest BCUT2D eigenvalue weighted by Crippen LogP contribution is 2.17. The summed E-state index contributed by atoms with van der Waals surface area (Å²) in [5.74, 6) is -0.767. The molecule has 3 heteroatoms. The lowest BCUT2D eigenvalue weighted by Crippen LogP contribution is -2.23. The molecule has 0 saturated heterocycles. The van der Waals surface area contributed by atoms with Crippen LogP contribution in [-0.2, 0) is 0 Å². The predicted molar refractivity (Wildman–Crippen MR) is 88.1 cm³/mol. The topological polar surface area (TPSA) is 49.4 Å². The number of carbonyl (C=O) groups excluding carboxylic acids is 1. The third-order valence-electron chi connectivity index (χ3n) is 3.86. The van der Waals surface area contributed by atoms with Crippen molar-refractivity contribution >= 4 is 5.97 Å². The van der Waals surface area contributed by atoms with Crippen molar-refractivity contribution < 1.29 is 14.6 Å². The maximum Gasteiger partial charge on any atom is 0.128 e. The first-order valence-corrected chi connectivity index (χ1v) is 8.69. The van der Waals surface area contributed by atoms with Gasteiger partial charge in [-0.3, -0.25) is 0 Å². The lowest BCUT2D eigenvalue weighted by atomic mass is 10.1. The molecule has 0 aliphatic rings. The average molecular weight is 305 g/mol. The summed E-state index contributed by atoms with van der Waals surface area (Å²) in [4.78, 5) is 10.9. The van der Waals surface area contributed by atoms with Crippen LogP contribution in [0.4, 0.5) is 0 Å². The van der Waals surface area contributed by atoms with Crippen LogP contribution in [0.15, 0.2) is 24.3 Å². The van der Waals surface area contributed by atoms with Crippen molar-refractivity contribution in [1.29, 1.82) is 0 Å². The van der Waals surface area contributed by atoms with Gasteiger partial charge in [0.1, 0.15) is 5.75 Å². The molecule has 0 N–H and O–H groups in total. The molecule has 3 nitrogen and oxygen atoms in total. The molecule has 0 spiro atoms. The molecule has 0 saturated carbocycles. The van der Waals surface area contributed by atoms with Crippen molar-refractivity contribution in [3.05, 3.63) is 29.8 Å². The monoisotopic (exact) mass is 305 g/mol. The van der Waals surface area contributed by atoms with Gasteiger partial charge in [0.15, 0.2) is 0 Å². The standard InChI is InChI=1S/C19H30O3/c1-2-3-4-5-6-7-8-9-10-13-16-22-18-15-12-11-14-17(18)19(20)21/h11-12,14-15H,2-10,13,16H2,1H3,(H,20,21)/p-1. The Morgan fingerprint density at radius 3 is 2.05 bits per heavy atom. The summed E-state index contributed by atoms with van der Waals surface area (Å²) in [6.45, 7) is 2.81. The van der Waals surface area contributed by atoms with Crippen molar-refractivity contribution in [2.45, 2.75) is 71.1 Å². The maximum absolute atomic E-state index is 10.9. The second-order valence-corrected chi connectivity index (χ2v) is 5.81. The fraction of sp³-hybridized carbons (Fsp3) is 0.632. The molecule has 1 aromatic rings. The highest BCUT2D eigenvalue weighted by Gasteiger charge is 2.03. The van der Waals surface area contributed by atoms with Crippen LogP contribution in [0.25, 0.3) is 0 Å². The van der Waals surface area contributed by atoms with Gasteiger partial charge in [-0.2, -0.15) is 0 Å². The van der Waals surface area contributed by atoms with Crippen molar-refractivity contribution in [3.63, 3.8) is 0 Å². The van der Waals surface area contributed by atoms with Gasteiger partial charge < -0.3 is 14.6 Å². The number of carboxylic acid groups (broad SMARTS) is 1. The molecule has 0 heterocycles. The number of unbranched alkanes of at least 4 members (excludes halogenated alkanes) is 9. The Morgan fingerprint density at radius 1 is 0.909 bits per heavy atom. The van der Waals surface area contributed by atoms with E-state index in [9.17, 15) is 9.90 Å². The Balaban J connectivity index is 2.01. The maximum atomic E-state index is 10.9. The molecule has 0 unspecified atom stereocenters. The Bertz CT molecular complexity index is 415. The number of carboxylic acids is 1. The van der Waals surface area contributed by atoms with Crippen LogP contribution >= 0.6 is 0 Å². The molecule has 0 bridgehead atoms. The number of hydrogen-bond donors (Lipinski definition) is 0. The third-order valence-corrected chi connectivity index (χ3v) is 3.86. The SMILES string of the molecule is CCCCCCCCCCCCOc1ccccc1C(=O)[O-]. The Hall–Kier alpha value is -1.51. The van der Waals surface area contributed by atoms with Crippen molar-refractivity contribution in [3.8, 4) is 5.75 Å². The lowest BCUT2D eigenvalue weighted by Gasteiger charge is -2.11. The summed E-state index contributed by atoms with van der Waals surface area (Å²) in [5.41, 5.74) is 0.134. The van der Waals surface area contributed by atoms with Gasteiger partial charge in [-0.1, -0.05) is 76.8 Å². The smallest absolute Gasteiger partial charge is 0.128 e. The minimum atomic E-state index is -1.18. The van der Waals surface area contributed by atoms with Crippen molar-refractivity contribution in [1.82, 2.24) is 0 Å². The Kier molecular flexibility index (Phi) is 10.2. The molecule has 0 amide bonds. The van der Waals surface area contributed by atoms with E-state index in [-0.39, 0.29) is 5.56 Å². The number of hydrogen-bond acceptors (Lipinski definition) is 3. The zero-order chi connectivity index (χ0) is 16.0. The van der Waals surface area contributed by atoms with Crippen LogP contribution < -0.4 is 9.84 Å². The lowest BCUT2D eigenvalue weighted by molar-refractivity contribution is -0.255. The van der Waals surface area contributed by atoms with E-state index in [1.807, 2.05) is 0 Å². The predicted octanol–water partition coefficient (Wildman–Crippen LogP) is 4.35. The van der Waals surface area contributed by atoms with E-state index in [2.05, 4.69) is 6.92 Å². The number of aromatic carboxylic acids is 1. The minimum Gasteiger partial charge on any atom is -0.545 e. The van der Waals surface area contributed by atoms with E-state index in [1.165, 1.54) is 57.4 Å². The summed E-state index contributed by atoms with van der Waals surface area (Å²) in [6, 6.07) is 6.66. The number of ether oxygens (including phenoxy) is 1. The van der Waals surface area contributed by atoms with E-state index in [1.54, 1.807) is 18.2 Å². The quantitative estimate of drug-likeness (QED) is 0.509. The van der Waals surface area contributed by atoms with E-state index < -0.39 is 5.97 Å². The van der Waals surface area contributed by atoms with Gasteiger partial charge in [0.25, 0.3) is 0 Å². The van der Waals surface area contributed by atoms with E-state index >= 15 is 0 Å². The first-order chi connectivity index (χ1) is 10.8. The van der Waals surface area contributed by atoms with E-state index in [0.717, 1.165) is 12.8 Å². The number of carbonyl (C=O) groups is 1. The van der Waals surface area contributed by atoms with Crippen LogP contribution in [0.1, 0.15) is 81.5 Å². The molecule has 0 radical (unpaired) electrons. The van der Waals surface area contributed by atoms with Gasteiger partial charge in [-0.05, 0) is 18.6 Å². The molecular weight excluding hydrogens is 276 g/mol. The second kappa shape index (κ2) is 12.1. The largest absolute Gasteiger partial charge is 0.545 e. The van der Waals surface area contributed by atoms with Gasteiger partial charge >= 0.3 is 0 Å². The summed E-state index contributed by atoms with van der Waals surface area (Å²) >= 11 is 0. The highest BCUT2D eigenvalue weighted by molar-refractivity contribution is 5.89. The van der Waals surface area contributed by atoms with Crippen LogP contribution in [0.2, 0.25) is 0 Å². The normalized spacial score (nSPS) is 10.6. The Labute approximate surface area is 134 Å². The molecule has 0 fully saturated rings. The zero-order valence-electron chi connectivity index (χ0n) is 13.8. The second-order valence-electron chi connectivity index (χ2n) is 5.81. The van der Waals surface area contributed by atoms with Crippen LogP contribution in [0.3, 0.4) is 0 Å². The van der Waals surface area contributed by atoms with Gasteiger partial charge in [0.05, 0.1) is 12.6 Å². The number of benzene rings is 1. The molecular formula is C19H29O3-. The van der Waals surface area contributed by atoms with Crippen LogP contribution in [0, 0.1) is 0 Å². The average Bonchev–Trinajstić information content (AvgIpc) is 2.53. The molecule has 0 aliphatic heterocycles. The highest BCUT2D eigenvalue weighted by atomic mass is 16.5. The first kappa shape index (κ1) is 18.5. The van der Waals surface area contributed by atoms with Gasteiger partial charge in [-0.25, -0.2) is 0 Å². The van der Waals surface area contributed by atoms with Gasteiger partial charge in [0, 0.05) is 5.56 Å². The van der Waals surface area contributed by atoms with E-state index in [0.29, 0.717) is 12.4 Å². The Morgan fingerprint density at radius 2 is 1.45 bits per heavy atom. The molecule has 1 rings (SSSR count). The molecule has 0 aliphatic carbocycles. The van der Waals surface area contributed by atoms with Crippen molar-refractivity contribution in [2.24, 2.45) is 0 Å². The molecule has 22 heavy (non-hydrogen) atoms. The minimum absolute atomic E-state index is 0.134. The fourth-order valence-electron chi connectivity index (χ4n) is 2.53. The number of rotatable bonds is 13. The molecule has 0 atom stereocenters. The van der Waals surface area contributed by atoms with E-state index in [4.69, 9.17) is 4.74 Å². The zero-order valence-corrected chi connectivity index (χ0v) is 13.8. The van der Waals surface area contributed by atoms with Gasteiger partial charge in [-0.15, -0.1) is 0 Å². The summed E-state index contributed by atoms with van der Waals surface area (Å²) < 4.78 is 5.55. The van der Waals surface area contributed by atoms with Crippen LogP contribution in [0.5, 0.6) is 5.75 Å². The number of para-hydroxylation sites is 1. The summed E-state index contributed by atoms with van der Waals surface area (Å²) in [5, 5.41) is 10.9. The van der Waals surface area contributed by atoms with Crippen molar-refractivity contribution in [2.75, 3.05) is 6.61 Å². The molecule has 1 aromatic carbocycles. The summed E-state index contributed by atoms with van der Waals surface area (Å²) in [7, 11) is 0. The van der Waals surface area contributed by atoms with Gasteiger partial charge in [0.2, 0.25) is 0 Å². The fourth-order valence-corrected chi connectivity index (χ4v) is 2.53.